The van der Waals surface area contributed by atoms with E-state index in [1.165, 1.54) is 0 Å². The number of nitrogens with two attached hydrogens (primary N) is 1. The smallest absolute Gasteiger partial charge is 0.187 e. The van der Waals surface area contributed by atoms with Crippen molar-refractivity contribution < 1.29 is 4.74 Å². The Morgan fingerprint density at radius 2 is 1.94 bits per heavy atom. The molecular weight excluding hydrogens is 246 g/mol. The van der Waals surface area contributed by atoms with Gasteiger partial charge in [-0.15, -0.1) is 0 Å². The van der Waals surface area contributed by atoms with Gasteiger partial charge in [-0.1, -0.05) is 11.8 Å². The average Bonchev–Trinajstić information content (AvgIpc) is 2.37. The van der Waals surface area contributed by atoms with E-state index >= 15 is 0 Å². The minimum Gasteiger partial charge on any atom is -0.497 e. The second-order valence-electron chi connectivity index (χ2n) is 3.95. The average molecular weight is 261 g/mol. The van der Waals surface area contributed by atoms with Crippen molar-refractivity contribution in [2.45, 2.75) is 17.8 Å². The van der Waals surface area contributed by atoms with E-state index in [9.17, 15) is 0 Å². The van der Waals surface area contributed by atoms with Crippen LogP contribution in [-0.2, 0) is 5.75 Å². The fourth-order valence-corrected chi connectivity index (χ4v) is 2.21. The molecule has 1 aromatic carbocycles. The van der Waals surface area contributed by atoms with Crippen LogP contribution in [0.25, 0.3) is 0 Å². The largest absolute Gasteiger partial charge is 0.497 e. The second kappa shape index (κ2) is 5.73. The molecule has 5 heteroatoms. The van der Waals surface area contributed by atoms with Gasteiger partial charge in [-0.3, -0.25) is 0 Å². The van der Waals surface area contributed by atoms with Crippen LogP contribution in [0.5, 0.6) is 5.75 Å². The van der Waals surface area contributed by atoms with E-state index in [1.54, 1.807) is 24.9 Å². The molecule has 0 spiro atoms. The minimum absolute atomic E-state index is 0.703. The summed E-state index contributed by atoms with van der Waals surface area (Å²) in [7, 11) is 1.63. The summed E-state index contributed by atoms with van der Waals surface area (Å²) in [6.07, 6.45) is 3.63. The number of aromatic nitrogens is 2. The first-order chi connectivity index (χ1) is 8.67. The lowest BCUT2D eigenvalue weighted by Gasteiger charge is -2.06. The van der Waals surface area contributed by atoms with E-state index in [-0.39, 0.29) is 0 Å². The summed E-state index contributed by atoms with van der Waals surface area (Å²) < 4.78 is 5.18. The minimum atomic E-state index is 0.703. The van der Waals surface area contributed by atoms with E-state index in [1.807, 2.05) is 31.5 Å². The van der Waals surface area contributed by atoms with Crippen molar-refractivity contribution in [3.05, 3.63) is 41.7 Å². The zero-order valence-electron chi connectivity index (χ0n) is 10.4. The van der Waals surface area contributed by atoms with Crippen LogP contribution in [0, 0.1) is 6.92 Å². The zero-order chi connectivity index (χ0) is 13.0. The zero-order valence-corrected chi connectivity index (χ0v) is 11.2. The topological polar surface area (TPSA) is 61.0 Å². The van der Waals surface area contributed by atoms with Gasteiger partial charge in [0.25, 0.3) is 0 Å². The number of hydrogen-bond donors (Lipinski definition) is 1. The van der Waals surface area contributed by atoms with Crippen LogP contribution in [0.3, 0.4) is 0 Å². The van der Waals surface area contributed by atoms with Crippen molar-refractivity contribution in [2.24, 2.45) is 0 Å². The Kier molecular flexibility index (Phi) is 4.04. The maximum atomic E-state index is 5.80. The van der Waals surface area contributed by atoms with E-state index in [0.717, 1.165) is 27.8 Å². The summed E-state index contributed by atoms with van der Waals surface area (Å²) in [5.41, 5.74) is 8.67. The summed E-state index contributed by atoms with van der Waals surface area (Å²) in [4.78, 5) is 8.50. The van der Waals surface area contributed by atoms with E-state index < -0.39 is 0 Å². The molecule has 0 unspecified atom stereocenters. The molecule has 0 aliphatic heterocycles. The fraction of sp³-hybridized carbons (Fsp3) is 0.231. The van der Waals surface area contributed by atoms with Crippen molar-refractivity contribution in [3.8, 4) is 5.75 Å². The molecule has 2 rings (SSSR count). The van der Waals surface area contributed by atoms with E-state index in [4.69, 9.17) is 10.5 Å². The van der Waals surface area contributed by atoms with Gasteiger partial charge in [0.05, 0.1) is 7.11 Å². The molecule has 1 aromatic heterocycles. The highest BCUT2D eigenvalue weighted by atomic mass is 32.2. The Balaban J connectivity index is 2.05. The molecule has 2 aromatic rings. The van der Waals surface area contributed by atoms with Gasteiger partial charge in [0.15, 0.2) is 5.16 Å². The Hall–Kier alpha value is -1.75. The Bertz CT molecular complexity index is 528. The van der Waals surface area contributed by atoms with Crippen LogP contribution in [0.4, 0.5) is 5.69 Å². The highest BCUT2D eigenvalue weighted by Gasteiger charge is 2.02. The van der Waals surface area contributed by atoms with Crippen LogP contribution >= 0.6 is 11.8 Å². The van der Waals surface area contributed by atoms with Crippen molar-refractivity contribution in [1.29, 1.82) is 0 Å². The van der Waals surface area contributed by atoms with Gasteiger partial charge in [0, 0.05) is 29.9 Å². The van der Waals surface area contributed by atoms with Crippen molar-refractivity contribution in [2.75, 3.05) is 12.8 Å². The van der Waals surface area contributed by atoms with E-state index in [0.29, 0.717) is 5.69 Å². The number of thioether (sulfide) groups is 1. The van der Waals surface area contributed by atoms with Gasteiger partial charge in [-0.05, 0) is 30.2 Å². The highest BCUT2D eigenvalue weighted by molar-refractivity contribution is 7.98. The summed E-state index contributed by atoms with van der Waals surface area (Å²) in [6.45, 7) is 1.97. The molecule has 0 bridgehead atoms. The molecule has 2 N–H and O–H groups in total. The van der Waals surface area contributed by atoms with Crippen LogP contribution < -0.4 is 10.5 Å². The number of methoxy groups -OCH3 is 1. The number of ether oxygens (including phenoxy) is 1. The number of rotatable bonds is 4. The Labute approximate surface area is 111 Å². The number of aryl methyl sites for hydroxylation is 1. The first-order valence-corrected chi connectivity index (χ1v) is 6.51. The first kappa shape index (κ1) is 12.7. The molecule has 0 radical (unpaired) electrons. The monoisotopic (exact) mass is 261 g/mol. The lowest BCUT2D eigenvalue weighted by molar-refractivity contribution is 0.414. The van der Waals surface area contributed by atoms with Gasteiger partial charge in [0.2, 0.25) is 0 Å². The maximum absolute atomic E-state index is 5.80. The maximum Gasteiger partial charge on any atom is 0.187 e. The van der Waals surface area contributed by atoms with Crippen molar-refractivity contribution in [3.63, 3.8) is 0 Å². The first-order valence-electron chi connectivity index (χ1n) is 5.52. The SMILES string of the molecule is COc1cc(N)cc(CSc2ncc(C)cn2)c1. The summed E-state index contributed by atoms with van der Waals surface area (Å²) >= 11 is 1.58. The summed E-state index contributed by atoms with van der Waals surface area (Å²) in [5, 5.41) is 0.766. The molecule has 1 heterocycles. The molecule has 0 aliphatic carbocycles. The molecule has 0 amide bonds. The molecule has 0 atom stereocenters. The van der Waals surface area contributed by atoms with Crippen molar-refractivity contribution >= 4 is 17.4 Å². The lowest BCUT2D eigenvalue weighted by Crippen LogP contribution is -1.92. The lowest BCUT2D eigenvalue weighted by atomic mass is 10.2. The van der Waals surface area contributed by atoms with Gasteiger partial charge in [0.1, 0.15) is 5.75 Å². The van der Waals surface area contributed by atoms with Crippen LogP contribution in [-0.4, -0.2) is 17.1 Å². The molecule has 0 saturated carbocycles. The van der Waals surface area contributed by atoms with Crippen LogP contribution in [0.1, 0.15) is 11.1 Å². The second-order valence-corrected chi connectivity index (χ2v) is 4.89. The summed E-state index contributed by atoms with van der Waals surface area (Å²) in [5.74, 6) is 1.54. The molecule has 94 valence electrons. The van der Waals surface area contributed by atoms with Gasteiger partial charge >= 0.3 is 0 Å². The molecule has 4 nitrogen and oxygen atoms in total. The quantitative estimate of drug-likeness (QED) is 0.521. The highest BCUT2D eigenvalue weighted by Crippen LogP contribution is 2.24. The van der Waals surface area contributed by atoms with Crippen molar-refractivity contribution in [1.82, 2.24) is 9.97 Å². The Morgan fingerprint density at radius 3 is 2.61 bits per heavy atom. The van der Waals surface area contributed by atoms with Crippen LogP contribution in [0.15, 0.2) is 35.7 Å². The van der Waals surface area contributed by atoms with Gasteiger partial charge in [-0.25, -0.2) is 9.97 Å². The summed E-state index contributed by atoms with van der Waals surface area (Å²) in [6, 6.07) is 5.71. The molecular formula is C13H15N3OS. The van der Waals surface area contributed by atoms with Crippen LogP contribution in [0.2, 0.25) is 0 Å². The normalized spacial score (nSPS) is 10.3. The predicted octanol–water partition coefficient (Wildman–Crippen LogP) is 2.67. The number of nitrogens with zero attached hydrogens (tertiary/aromatic N) is 2. The molecule has 0 fully saturated rings. The number of anilines is 1. The molecule has 18 heavy (non-hydrogen) atoms. The Morgan fingerprint density at radius 1 is 1.22 bits per heavy atom. The fourth-order valence-electron chi connectivity index (χ4n) is 1.49. The number of hydrogen-bond acceptors (Lipinski definition) is 5. The third kappa shape index (κ3) is 3.37. The standard InChI is InChI=1S/C13H15N3OS/c1-9-6-15-13(16-7-9)18-8-10-3-11(14)5-12(4-10)17-2/h3-7H,8,14H2,1-2H3. The third-order valence-electron chi connectivity index (χ3n) is 2.35. The molecule has 0 saturated heterocycles. The third-order valence-corrected chi connectivity index (χ3v) is 3.30. The van der Waals surface area contributed by atoms with E-state index in [2.05, 4.69) is 9.97 Å². The number of benzene rings is 1. The number of nitrogen functional groups attached to an aromatic ring is 1. The predicted molar refractivity (Wildman–Crippen MR) is 73.7 cm³/mol. The molecule has 0 aliphatic rings. The van der Waals surface area contributed by atoms with Gasteiger partial charge in [-0.2, -0.15) is 0 Å². The van der Waals surface area contributed by atoms with Gasteiger partial charge < -0.3 is 10.5 Å².